The van der Waals surface area contributed by atoms with E-state index in [0.29, 0.717) is 12.8 Å². The number of rotatable bonds is 1. The third-order valence-corrected chi connectivity index (χ3v) is 3.29. The van der Waals surface area contributed by atoms with Gasteiger partial charge in [-0.2, -0.15) is 8.42 Å². The maximum Gasteiger partial charge on any atom is 2.00 e. The summed E-state index contributed by atoms with van der Waals surface area (Å²) in [5, 5.41) is -0.471. The summed E-state index contributed by atoms with van der Waals surface area (Å²) in [5.41, 5.74) is 0. The molecule has 0 unspecified atom stereocenters. The monoisotopic (exact) mass is 228 g/mol. The Kier molecular flexibility index (Phi) is 4.75. The van der Waals surface area contributed by atoms with Crippen molar-refractivity contribution in [1.82, 2.24) is 0 Å². The molecule has 1 aliphatic rings. The van der Waals surface area contributed by atoms with Gasteiger partial charge in [-0.25, -0.2) is 0 Å². The minimum atomic E-state index is -3.73. The Morgan fingerprint density at radius 1 is 1.09 bits per heavy atom. The number of hydrogen-bond donors (Lipinski definition) is 1. The van der Waals surface area contributed by atoms with Crippen LogP contribution in [0.2, 0.25) is 0 Å². The Balaban J connectivity index is 0.000001000. The molecule has 1 saturated carbocycles. The van der Waals surface area contributed by atoms with Gasteiger partial charge in [-0.15, -0.1) is 0 Å². The SMILES string of the molecule is O=S(=O)(O)C1CCCCC1.[Zn+2]. The summed E-state index contributed by atoms with van der Waals surface area (Å²) in [4.78, 5) is 0. The van der Waals surface area contributed by atoms with Crippen molar-refractivity contribution in [1.29, 1.82) is 0 Å². The van der Waals surface area contributed by atoms with Crippen molar-refractivity contribution in [2.75, 3.05) is 0 Å². The van der Waals surface area contributed by atoms with Crippen LogP contribution in [0.25, 0.3) is 0 Å². The van der Waals surface area contributed by atoms with Gasteiger partial charge in [0.1, 0.15) is 0 Å². The zero-order valence-corrected chi connectivity index (χ0v) is 10.3. The van der Waals surface area contributed by atoms with Gasteiger partial charge >= 0.3 is 19.5 Å². The van der Waals surface area contributed by atoms with Gasteiger partial charge in [0.15, 0.2) is 0 Å². The maximum absolute atomic E-state index is 10.5. The molecule has 0 aromatic carbocycles. The maximum atomic E-state index is 10.5. The van der Waals surface area contributed by atoms with E-state index >= 15 is 0 Å². The van der Waals surface area contributed by atoms with E-state index in [1.165, 1.54) is 0 Å². The molecule has 1 aliphatic carbocycles. The molecule has 0 aromatic rings. The minimum absolute atomic E-state index is 0. The Morgan fingerprint density at radius 2 is 1.55 bits per heavy atom. The second-order valence-electron chi connectivity index (χ2n) is 2.77. The molecule has 0 heterocycles. The van der Waals surface area contributed by atoms with Crippen LogP contribution in [0.5, 0.6) is 0 Å². The second kappa shape index (κ2) is 4.53. The fraction of sp³-hybridized carbons (Fsp3) is 1.00. The van der Waals surface area contributed by atoms with Crippen molar-refractivity contribution in [2.45, 2.75) is 37.4 Å². The van der Waals surface area contributed by atoms with Crippen molar-refractivity contribution >= 4 is 10.1 Å². The van der Waals surface area contributed by atoms with Crippen molar-refractivity contribution < 1.29 is 32.4 Å². The van der Waals surface area contributed by atoms with Gasteiger partial charge in [0, 0.05) is 0 Å². The molecule has 0 aliphatic heterocycles. The first-order chi connectivity index (χ1) is 4.61. The average Bonchev–Trinajstić information content (AvgIpc) is 1.88. The zero-order valence-electron chi connectivity index (χ0n) is 6.49. The summed E-state index contributed by atoms with van der Waals surface area (Å²) in [6, 6.07) is 0. The Bertz CT molecular complexity index is 194. The molecule has 5 heteroatoms. The first-order valence-corrected chi connectivity index (χ1v) is 5.07. The molecular formula is C6H12O3SZn+2. The van der Waals surface area contributed by atoms with Crippen molar-refractivity contribution in [3.8, 4) is 0 Å². The zero-order chi connectivity index (χ0) is 7.61. The summed E-state index contributed by atoms with van der Waals surface area (Å²) in [7, 11) is -3.73. The Hall–Kier alpha value is 0.533. The summed E-state index contributed by atoms with van der Waals surface area (Å²) in [5.74, 6) is 0. The molecule has 1 N–H and O–H groups in total. The van der Waals surface area contributed by atoms with E-state index in [1.807, 2.05) is 0 Å². The van der Waals surface area contributed by atoms with Gasteiger partial charge in [-0.1, -0.05) is 19.3 Å². The third-order valence-electron chi connectivity index (χ3n) is 1.97. The van der Waals surface area contributed by atoms with E-state index in [0.717, 1.165) is 19.3 Å². The molecule has 0 radical (unpaired) electrons. The van der Waals surface area contributed by atoms with Gasteiger partial charge in [-0.05, 0) is 12.8 Å². The molecule has 1 rings (SSSR count). The molecule has 0 atom stereocenters. The van der Waals surface area contributed by atoms with E-state index in [-0.39, 0.29) is 19.5 Å². The average molecular weight is 230 g/mol. The fourth-order valence-corrected chi connectivity index (χ4v) is 2.29. The van der Waals surface area contributed by atoms with Crippen LogP contribution >= 0.6 is 0 Å². The predicted molar refractivity (Wildman–Crippen MR) is 38.4 cm³/mol. The van der Waals surface area contributed by atoms with Crippen LogP contribution in [0.15, 0.2) is 0 Å². The molecule has 0 aromatic heterocycles. The molecular weight excluding hydrogens is 218 g/mol. The summed E-state index contributed by atoms with van der Waals surface area (Å²) in [6.45, 7) is 0. The van der Waals surface area contributed by atoms with E-state index in [2.05, 4.69) is 0 Å². The van der Waals surface area contributed by atoms with Crippen LogP contribution in [0.4, 0.5) is 0 Å². The van der Waals surface area contributed by atoms with Crippen LogP contribution in [0, 0.1) is 0 Å². The van der Waals surface area contributed by atoms with Crippen molar-refractivity contribution in [2.24, 2.45) is 0 Å². The van der Waals surface area contributed by atoms with Crippen molar-refractivity contribution in [3.63, 3.8) is 0 Å². The van der Waals surface area contributed by atoms with Crippen LogP contribution in [0.1, 0.15) is 32.1 Å². The fourth-order valence-electron chi connectivity index (χ4n) is 1.36. The largest absolute Gasteiger partial charge is 2.00 e. The molecule has 3 nitrogen and oxygen atoms in total. The van der Waals surface area contributed by atoms with Gasteiger partial charge in [0.05, 0.1) is 5.25 Å². The predicted octanol–water partition coefficient (Wildman–Crippen LogP) is 1.20. The molecule has 11 heavy (non-hydrogen) atoms. The first-order valence-electron chi connectivity index (χ1n) is 3.57. The summed E-state index contributed by atoms with van der Waals surface area (Å²) < 4.78 is 29.7. The smallest absolute Gasteiger partial charge is 0.285 e. The molecule has 60 valence electrons. The van der Waals surface area contributed by atoms with Gasteiger partial charge in [0.2, 0.25) is 0 Å². The van der Waals surface area contributed by atoms with E-state index < -0.39 is 15.4 Å². The van der Waals surface area contributed by atoms with Gasteiger partial charge in [0.25, 0.3) is 10.1 Å². The van der Waals surface area contributed by atoms with Crippen LogP contribution in [-0.4, -0.2) is 18.2 Å². The molecule has 0 saturated heterocycles. The molecule has 0 spiro atoms. The summed E-state index contributed by atoms with van der Waals surface area (Å²) >= 11 is 0. The molecule has 0 bridgehead atoms. The van der Waals surface area contributed by atoms with E-state index in [1.54, 1.807) is 0 Å². The second-order valence-corrected chi connectivity index (χ2v) is 4.47. The molecule has 0 amide bonds. The quantitative estimate of drug-likeness (QED) is 0.543. The molecule has 1 fully saturated rings. The van der Waals surface area contributed by atoms with Gasteiger partial charge in [-0.3, -0.25) is 4.55 Å². The number of hydrogen-bond acceptors (Lipinski definition) is 2. The summed E-state index contributed by atoms with van der Waals surface area (Å²) in [6.07, 6.45) is 4.25. The first kappa shape index (κ1) is 11.5. The Morgan fingerprint density at radius 3 is 1.82 bits per heavy atom. The van der Waals surface area contributed by atoms with Crippen molar-refractivity contribution in [3.05, 3.63) is 0 Å². The standard InChI is InChI=1S/C6H12O3S.Zn/c7-10(8,9)6-4-2-1-3-5-6;/h6H,1-5H2,(H,7,8,9);/q;+2. The topological polar surface area (TPSA) is 54.4 Å². The van der Waals surface area contributed by atoms with E-state index in [4.69, 9.17) is 4.55 Å². The van der Waals surface area contributed by atoms with Crippen LogP contribution in [0.3, 0.4) is 0 Å². The van der Waals surface area contributed by atoms with Crippen LogP contribution in [-0.2, 0) is 29.6 Å². The third kappa shape index (κ3) is 3.63. The normalized spacial score (nSPS) is 20.8. The Labute approximate surface area is 80.1 Å². The van der Waals surface area contributed by atoms with E-state index in [9.17, 15) is 8.42 Å². The minimum Gasteiger partial charge on any atom is -0.285 e. The van der Waals surface area contributed by atoms with Gasteiger partial charge < -0.3 is 0 Å². The van der Waals surface area contributed by atoms with Crippen LogP contribution < -0.4 is 0 Å².